The lowest BCUT2D eigenvalue weighted by atomic mass is 9.95. The molecule has 5 rings (SSSR count). The van der Waals surface area contributed by atoms with Crippen LogP contribution >= 0.6 is 22.9 Å². The summed E-state index contributed by atoms with van der Waals surface area (Å²) in [6.07, 6.45) is 0. The number of halogens is 1. The van der Waals surface area contributed by atoms with E-state index in [1.807, 2.05) is 26.0 Å². The molecule has 4 aromatic rings. The number of aliphatic hydroxyl groups is 1. The fourth-order valence-electron chi connectivity index (χ4n) is 4.38. The van der Waals surface area contributed by atoms with E-state index in [4.69, 9.17) is 21.3 Å². The summed E-state index contributed by atoms with van der Waals surface area (Å²) in [6, 6.07) is 16.7. The number of Topliss-reactive ketones (excluding diaryl/α,β-unsaturated/α-hetero) is 1. The number of hydrogen-bond donors (Lipinski definition) is 1. The van der Waals surface area contributed by atoms with Crippen LogP contribution in [0.3, 0.4) is 0 Å². The molecular weight excluding hydrogens is 484 g/mol. The zero-order chi connectivity index (χ0) is 24.9. The highest BCUT2D eigenvalue weighted by atomic mass is 35.5. The van der Waals surface area contributed by atoms with Gasteiger partial charge in [-0.2, -0.15) is 0 Å². The quantitative estimate of drug-likeness (QED) is 0.203. The van der Waals surface area contributed by atoms with Gasteiger partial charge >= 0.3 is 5.91 Å². The summed E-state index contributed by atoms with van der Waals surface area (Å²) in [7, 11) is 1.52. The van der Waals surface area contributed by atoms with Gasteiger partial charge in [-0.05, 0) is 60.9 Å². The number of ether oxygens (including phenoxy) is 1. The number of methoxy groups -OCH3 is 1. The molecule has 0 saturated carbocycles. The van der Waals surface area contributed by atoms with E-state index in [9.17, 15) is 14.7 Å². The van der Waals surface area contributed by atoms with Gasteiger partial charge in [0.25, 0.3) is 5.78 Å². The van der Waals surface area contributed by atoms with E-state index in [1.54, 1.807) is 48.5 Å². The first-order valence-corrected chi connectivity index (χ1v) is 12.1. The van der Waals surface area contributed by atoms with E-state index < -0.39 is 17.7 Å². The van der Waals surface area contributed by atoms with Crippen molar-refractivity contribution in [3.8, 4) is 5.75 Å². The molecule has 1 N–H and O–H groups in total. The second kappa shape index (κ2) is 8.83. The summed E-state index contributed by atoms with van der Waals surface area (Å²) in [5, 5.41) is 12.2. The van der Waals surface area contributed by atoms with E-state index in [0.717, 1.165) is 21.3 Å². The summed E-state index contributed by atoms with van der Waals surface area (Å²) in [6.45, 7) is 3.96. The average molecular weight is 505 g/mol. The molecule has 0 unspecified atom stereocenters. The van der Waals surface area contributed by atoms with Crippen molar-refractivity contribution in [3.63, 3.8) is 0 Å². The first-order chi connectivity index (χ1) is 16.8. The Labute approximate surface area is 211 Å². The van der Waals surface area contributed by atoms with Gasteiger partial charge in [0.1, 0.15) is 11.5 Å². The van der Waals surface area contributed by atoms with Crippen molar-refractivity contribution < 1.29 is 19.4 Å². The lowest BCUT2D eigenvalue weighted by Gasteiger charge is -2.23. The SMILES string of the molecule is COc1cccc(/C(O)=C2\C(=O)C(=O)N(c3nc4c(C)cc(C)cc4s3)[C@H]2c2ccc(Cl)cc2)c1. The Morgan fingerprint density at radius 2 is 1.83 bits per heavy atom. The van der Waals surface area contributed by atoms with Gasteiger partial charge in [0, 0.05) is 10.6 Å². The predicted octanol–water partition coefficient (Wildman–Crippen LogP) is 6.20. The van der Waals surface area contributed by atoms with Gasteiger partial charge in [-0.3, -0.25) is 14.5 Å². The van der Waals surface area contributed by atoms with Gasteiger partial charge in [0.2, 0.25) is 0 Å². The Morgan fingerprint density at radius 3 is 2.54 bits per heavy atom. The molecule has 176 valence electrons. The zero-order valence-corrected chi connectivity index (χ0v) is 20.8. The number of fused-ring (bicyclic) bond motifs is 1. The Kier molecular flexibility index (Phi) is 5.83. The molecule has 1 aromatic heterocycles. The lowest BCUT2D eigenvalue weighted by Crippen LogP contribution is -2.29. The van der Waals surface area contributed by atoms with E-state index >= 15 is 0 Å². The van der Waals surface area contributed by atoms with Crippen LogP contribution in [0.25, 0.3) is 16.0 Å². The molecule has 0 bridgehead atoms. The molecular formula is C27H21ClN2O4S. The molecule has 3 aromatic carbocycles. The summed E-state index contributed by atoms with van der Waals surface area (Å²) >= 11 is 7.45. The number of aryl methyl sites for hydroxylation is 2. The van der Waals surface area contributed by atoms with Crippen molar-refractivity contribution in [3.05, 3.63) is 93.5 Å². The number of aromatic nitrogens is 1. The fourth-order valence-corrected chi connectivity index (χ4v) is 5.67. The zero-order valence-electron chi connectivity index (χ0n) is 19.2. The number of rotatable bonds is 4. The third kappa shape index (κ3) is 3.96. The molecule has 0 radical (unpaired) electrons. The van der Waals surface area contributed by atoms with Crippen molar-refractivity contribution >= 4 is 55.7 Å². The second-order valence-electron chi connectivity index (χ2n) is 8.38. The van der Waals surface area contributed by atoms with Crippen LogP contribution in [0.1, 0.15) is 28.3 Å². The Hall–Kier alpha value is -3.68. The number of benzene rings is 3. The normalized spacial score (nSPS) is 17.4. The average Bonchev–Trinajstić information content (AvgIpc) is 3.38. The fraction of sp³-hybridized carbons (Fsp3) is 0.148. The number of anilines is 1. The van der Waals surface area contributed by atoms with Crippen molar-refractivity contribution in [2.24, 2.45) is 0 Å². The van der Waals surface area contributed by atoms with Gasteiger partial charge in [0.05, 0.1) is 28.9 Å². The minimum absolute atomic E-state index is 0.0160. The standard InChI is InChI=1S/C27H21ClN2O4S/c1-14-11-15(2)22-20(12-14)35-27(29-22)30-23(16-7-9-18(28)10-8-16)21(25(32)26(30)33)24(31)17-5-4-6-19(13-17)34-3/h4-13,23,31H,1-3H3/b24-21+/t23-/m0/s1. The van der Waals surface area contributed by atoms with E-state index in [2.05, 4.69) is 0 Å². The Balaban J connectivity index is 1.74. The molecule has 1 amide bonds. The number of ketones is 1. The van der Waals surface area contributed by atoms with Gasteiger partial charge in [-0.15, -0.1) is 0 Å². The number of hydrogen-bond acceptors (Lipinski definition) is 6. The number of carbonyl (C=O) groups excluding carboxylic acids is 2. The summed E-state index contributed by atoms with van der Waals surface area (Å²) < 4.78 is 6.18. The maximum Gasteiger partial charge on any atom is 0.301 e. The molecule has 6 nitrogen and oxygen atoms in total. The van der Waals surface area contributed by atoms with Crippen molar-refractivity contribution in [2.75, 3.05) is 12.0 Å². The number of aliphatic hydroxyl groups excluding tert-OH is 1. The van der Waals surface area contributed by atoms with Crippen LogP contribution in [0.5, 0.6) is 5.75 Å². The predicted molar refractivity (Wildman–Crippen MR) is 138 cm³/mol. The molecule has 1 aliphatic heterocycles. The highest BCUT2D eigenvalue weighted by molar-refractivity contribution is 7.22. The highest BCUT2D eigenvalue weighted by Gasteiger charge is 2.48. The maximum absolute atomic E-state index is 13.4. The molecule has 35 heavy (non-hydrogen) atoms. The van der Waals surface area contributed by atoms with Gasteiger partial charge in [0.15, 0.2) is 5.13 Å². The minimum atomic E-state index is -0.875. The molecule has 1 atom stereocenters. The first-order valence-electron chi connectivity index (χ1n) is 10.9. The van der Waals surface area contributed by atoms with Crippen molar-refractivity contribution in [2.45, 2.75) is 19.9 Å². The van der Waals surface area contributed by atoms with Crippen LogP contribution in [-0.4, -0.2) is 28.9 Å². The van der Waals surface area contributed by atoms with Gasteiger partial charge < -0.3 is 9.84 Å². The number of amides is 1. The summed E-state index contributed by atoms with van der Waals surface area (Å²) in [5.41, 5.74) is 3.83. The second-order valence-corrected chi connectivity index (χ2v) is 9.82. The van der Waals surface area contributed by atoms with Crippen LogP contribution in [0.2, 0.25) is 5.02 Å². The molecule has 2 heterocycles. The summed E-state index contributed by atoms with van der Waals surface area (Å²) in [4.78, 5) is 32.9. The number of carbonyl (C=O) groups is 2. The maximum atomic E-state index is 13.4. The lowest BCUT2D eigenvalue weighted by molar-refractivity contribution is -0.132. The molecule has 1 aliphatic rings. The third-order valence-corrected chi connectivity index (χ3v) is 7.25. The number of nitrogens with zero attached hydrogens (tertiary/aromatic N) is 2. The summed E-state index contributed by atoms with van der Waals surface area (Å²) in [5.74, 6) is -1.29. The van der Waals surface area contributed by atoms with Crippen LogP contribution in [0.15, 0.2) is 66.2 Å². The van der Waals surface area contributed by atoms with Crippen LogP contribution < -0.4 is 9.64 Å². The van der Waals surface area contributed by atoms with E-state index in [0.29, 0.717) is 27.0 Å². The van der Waals surface area contributed by atoms with Gasteiger partial charge in [-0.25, -0.2) is 4.98 Å². The van der Waals surface area contributed by atoms with Crippen molar-refractivity contribution in [1.82, 2.24) is 4.98 Å². The Bertz CT molecular complexity index is 1520. The topological polar surface area (TPSA) is 79.7 Å². The smallest absolute Gasteiger partial charge is 0.301 e. The van der Waals surface area contributed by atoms with Crippen LogP contribution in [0.4, 0.5) is 5.13 Å². The third-order valence-electron chi connectivity index (χ3n) is 6.00. The van der Waals surface area contributed by atoms with Crippen LogP contribution in [-0.2, 0) is 9.59 Å². The minimum Gasteiger partial charge on any atom is -0.507 e. The molecule has 0 spiro atoms. The van der Waals surface area contributed by atoms with Crippen LogP contribution in [0, 0.1) is 13.8 Å². The molecule has 8 heteroatoms. The first kappa shape index (κ1) is 23.1. The van der Waals surface area contributed by atoms with E-state index in [-0.39, 0.29) is 11.3 Å². The monoisotopic (exact) mass is 504 g/mol. The number of thiazole rings is 1. The molecule has 0 aliphatic carbocycles. The largest absolute Gasteiger partial charge is 0.507 e. The van der Waals surface area contributed by atoms with E-state index in [1.165, 1.54) is 23.3 Å². The molecule has 1 saturated heterocycles. The Morgan fingerprint density at radius 1 is 1.09 bits per heavy atom. The van der Waals surface area contributed by atoms with Crippen molar-refractivity contribution in [1.29, 1.82) is 0 Å². The van der Waals surface area contributed by atoms with Gasteiger partial charge in [-0.1, -0.05) is 53.3 Å². The highest BCUT2D eigenvalue weighted by Crippen LogP contribution is 2.45. The molecule has 1 fully saturated rings.